The van der Waals surface area contributed by atoms with Gasteiger partial charge in [-0.05, 0) is 31.6 Å². The Morgan fingerprint density at radius 1 is 1.50 bits per heavy atom. The van der Waals surface area contributed by atoms with Crippen LogP contribution in [0.1, 0.15) is 39.5 Å². The maximum absolute atomic E-state index is 11.7. The zero-order valence-corrected chi connectivity index (χ0v) is 11.8. The van der Waals surface area contributed by atoms with Crippen molar-refractivity contribution in [3.05, 3.63) is 0 Å². The Hall–Kier alpha value is -0.0900. The van der Waals surface area contributed by atoms with E-state index in [2.05, 4.69) is 35.1 Å². The van der Waals surface area contributed by atoms with Crippen LogP contribution < -0.4 is 5.32 Å². The van der Waals surface area contributed by atoms with E-state index < -0.39 is 0 Å². The van der Waals surface area contributed by atoms with E-state index in [9.17, 15) is 4.79 Å². The first-order valence-corrected chi connectivity index (χ1v) is 7.04. The minimum Gasteiger partial charge on any atom is -0.368 e. The summed E-state index contributed by atoms with van der Waals surface area (Å²) in [5.74, 6) is 0.695. The van der Waals surface area contributed by atoms with Crippen LogP contribution in [0.25, 0.3) is 0 Å². The highest BCUT2D eigenvalue weighted by molar-refractivity contribution is 9.09. The summed E-state index contributed by atoms with van der Waals surface area (Å²) in [7, 11) is 0. The van der Waals surface area contributed by atoms with E-state index in [4.69, 9.17) is 4.74 Å². The van der Waals surface area contributed by atoms with Crippen molar-refractivity contribution >= 4 is 21.8 Å². The summed E-state index contributed by atoms with van der Waals surface area (Å²) in [6.45, 7) is 5.78. The van der Waals surface area contributed by atoms with Crippen LogP contribution in [0.15, 0.2) is 0 Å². The third kappa shape index (κ3) is 5.30. The lowest BCUT2D eigenvalue weighted by Crippen LogP contribution is -2.40. The molecule has 1 amide bonds. The molecule has 4 heteroatoms. The third-order valence-corrected chi connectivity index (χ3v) is 3.39. The van der Waals surface area contributed by atoms with Gasteiger partial charge in [-0.2, -0.15) is 0 Å². The molecule has 0 aromatic carbocycles. The van der Waals surface area contributed by atoms with E-state index in [-0.39, 0.29) is 12.0 Å². The fourth-order valence-electron chi connectivity index (χ4n) is 1.87. The molecular weight excluding hydrogens is 270 g/mol. The number of halogens is 1. The van der Waals surface area contributed by atoms with Gasteiger partial charge in [-0.1, -0.05) is 29.8 Å². The third-order valence-electron chi connectivity index (χ3n) is 2.70. The smallest absolute Gasteiger partial charge is 0.249 e. The molecule has 1 saturated heterocycles. The average Bonchev–Trinajstić information content (AvgIpc) is 2.26. The molecule has 0 aromatic rings. The second-order valence-corrected chi connectivity index (χ2v) is 6.12. The lowest BCUT2D eigenvalue weighted by atomic mass is 10.1. The summed E-state index contributed by atoms with van der Waals surface area (Å²) < 4.78 is 5.43. The van der Waals surface area contributed by atoms with Gasteiger partial charge in [0, 0.05) is 18.0 Å². The summed E-state index contributed by atoms with van der Waals surface area (Å²) in [6.07, 6.45) is 3.90. The van der Waals surface area contributed by atoms with Crippen LogP contribution in [0, 0.1) is 5.92 Å². The van der Waals surface area contributed by atoms with Crippen molar-refractivity contribution in [2.45, 2.75) is 50.5 Å². The Labute approximate surface area is 106 Å². The molecule has 0 aliphatic carbocycles. The van der Waals surface area contributed by atoms with E-state index in [1.54, 1.807) is 0 Å². The summed E-state index contributed by atoms with van der Waals surface area (Å²) in [4.78, 5) is 12.1. The Morgan fingerprint density at radius 2 is 2.25 bits per heavy atom. The molecule has 3 nitrogen and oxygen atoms in total. The lowest BCUT2D eigenvalue weighted by molar-refractivity contribution is -0.135. The van der Waals surface area contributed by atoms with Crippen LogP contribution in [0.4, 0.5) is 0 Å². The Morgan fingerprint density at radius 3 is 2.81 bits per heavy atom. The van der Waals surface area contributed by atoms with E-state index in [0.717, 1.165) is 32.3 Å². The zero-order valence-electron chi connectivity index (χ0n) is 10.2. The summed E-state index contributed by atoms with van der Waals surface area (Å²) in [6, 6.07) is 0. The first-order chi connectivity index (χ1) is 7.59. The van der Waals surface area contributed by atoms with Crippen LogP contribution in [0.3, 0.4) is 0 Å². The van der Waals surface area contributed by atoms with Crippen LogP contribution >= 0.6 is 15.9 Å². The van der Waals surface area contributed by atoms with Gasteiger partial charge in [-0.25, -0.2) is 0 Å². The minimum absolute atomic E-state index is 0.0490. The molecule has 0 bridgehead atoms. The molecule has 0 radical (unpaired) electrons. The second-order valence-electron chi connectivity index (χ2n) is 4.83. The van der Waals surface area contributed by atoms with Crippen LogP contribution in [-0.2, 0) is 9.53 Å². The van der Waals surface area contributed by atoms with Crippen LogP contribution in [-0.4, -0.2) is 30.0 Å². The molecule has 1 rings (SSSR count). The number of nitrogens with one attached hydrogen (secondary N) is 1. The molecule has 0 spiro atoms. The van der Waals surface area contributed by atoms with Gasteiger partial charge in [-0.3, -0.25) is 4.79 Å². The number of alkyl halides is 1. The Kier molecular flexibility index (Phi) is 6.36. The highest BCUT2D eigenvalue weighted by atomic mass is 79.9. The van der Waals surface area contributed by atoms with Gasteiger partial charge in [0.1, 0.15) is 6.10 Å². The molecule has 1 heterocycles. The molecule has 2 atom stereocenters. The van der Waals surface area contributed by atoms with Gasteiger partial charge in [0.25, 0.3) is 0 Å². The van der Waals surface area contributed by atoms with Crippen molar-refractivity contribution in [1.82, 2.24) is 5.32 Å². The van der Waals surface area contributed by atoms with Crippen molar-refractivity contribution in [1.29, 1.82) is 0 Å². The molecular formula is C12H22BrNO2. The van der Waals surface area contributed by atoms with Crippen molar-refractivity contribution < 1.29 is 9.53 Å². The largest absolute Gasteiger partial charge is 0.368 e. The SMILES string of the molecule is CC(C)CC(Br)CNC(=O)C1CCCCO1. The molecule has 1 N–H and O–H groups in total. The predicted molar refractivity (Wildman–Crippen MR) is 68.8 cm³/mol. The van der Waals surface area contributed by atoms with Crippen molar-refractivity contribution in [2.75, 3.05) is 13.2 Å². The molecule has 1 aliphatic heterocycles. The number of hydrogen-bond acceptors (Lipinski definition) is 2. The highest BCUT2D eigenvalue weighted by Gasteiger charge is 2.22. The predicted octanol–water partition coefficient (Wildman–Crippen LogP) is 2.48. The van der Waals surface area contributed by atoms with Crippen LogP contribution in [0.5, 0.6) is 0 Å². The number of amides is 1. The normalized spacial score (nSPS) is 23.1. The number of carbonyl (C=O) groups is 1. The Balaban J connectivity index is 2.18. The summed E-state index contributed by atoms with van der Waals surface area (Å²) >= 11 is 3.58. The Bertz CT molecular complexity index is 215. The molecule has 16 heavy (non-hydrogen) atoms. The standard InChI is InChI=1S/C12H22BrNO2/c1-9(2)7-10(13)8-14-12(15)11-5-3-4-6-16-11/h9-11H,3-8H2,1-2H3,(H,14,15). The zero-order chi connectivity index (χ0) is 12.0. The van der Waals surface area contributed by atoms with Crippen LogP contribution in [0.2, 0.25) is 0 Å². The fourth-order valence-corrected chi connectivity index (χ4v) is 2.78. The fraction of sp³-hybridized carbons (Fsp3) is 0.917. The molecule has 2 unspecified atom stereocenters. The van der Waals surface area contributed by atoms with Crippen molar-refractivity contribution in [3.8, 4) is 0 Å². The number of hydrogen-bond donors (Lipinski definition) is 1. The monoisotopic (exact) mass is 291 g/mol. The molecule has 94 valence electrons. The maximum atomic E-state index is 11.7. The second kappa shape index (κ2) is 7.28. The number of rotatable bonds is 5. The molecule has 1 fully saturated rings. The molecule has 0 saturated carbocycles. The maximum Gasteiger partial charge on any atom is 0.249 e. The highest BCUT2D eigenvalue weighted by Crippen LogP contribution is 2.14. The molecule has 0 aromatic heterocycles. The van der Waals surface area contributed by atoms with Crippen molar-refractivity contribution in [3.63, 3.8) is 0 Å². The first kappa shape index (κ1) is 14.0. The summed E-state index contributed by atoms with van der Waals surface area (Å²) in [5.41, 5.74) is 0. The quantitative estimate of drug-likeness (QED) is 0.791. The van der Waals surface area contributed by atoms with Gasteiger partial charge < -0.3 is 10.1 Å². The van der Waals surface area contributed by atoms with Gasteiger partial charge >= 0.3 is 0 Å². The first-order valence-electron chi connectivity index (χ1n) is 6.13. The van der Waals surface area contributed by atoms with E-state index >= 15 is 0 Å². The van der Waals surface area contributed by atoms with Gasteiger partial charge in [0.05, 0.1) is 0 Å². The van der Waals surface area contributed by atoms with Gasteiger partial charge in [0.15, 0.2) is 0 Å². The number of carbonyl (C=O) groups excluding carboxylic acids is 1. The topological polar surface area (TPSA) is 38.3 Å². The van der Waals surface area contributed by atoms with E-state index in [1.165, 1.54) is 0 Å². The summed E-state index contributed by atoms with van der Waals surface area (Å²) in [5, 5.41) is 2.95. The van der Waals surface area contributed by atoms with Crippen molar-refractivity contribution in [2.24, 2.45) is 5.92 Å². The van der Waals surface area contributed by atoms with Gasteiger partial charge in [0.2, 0.25) is 5.91 Å². The van der Waals surface area contributed by atoms with E-state index in [0.29, 0.717) is 17.3 Å². The lowest BCUT2D eigenvalue weighted by Gasteiger charge is -2.22. The molecule has 1 aliphatic rings. The van der Waals surface area contributed by atoms with E-state index in [1.807, 2.05) is 0 Å². The average molecular weight is 292 g/mol. The number of ether oxygens (including phenoxy) is 1. The minimum atomic E-state index is -0.215. The van der Waals surface area contributed by atoms with Gasteiger partial charge in [-0.15, -0.1) is 0 Å².